The summed E-state index contributed by atoms with van der Waals surface area (Å²) >= 11 is 6.01. The Bertz CT molecular complexity index is 972. The van der Waals surface area contributed by atoms with E-state index in [9.17, 15) is 9.59 Å². The molecule has 1 saturated heterocycles. The lowest BCUT2D eigenvalue weighted by atomic mass is 9.85. The fourth-order valence-corrected chi connectivity index (χ4v) is 5.09. The minimum absolute atomic E-state index is 0.000778. The molecule has 27 heavy (non-hydrogen) atoms. The summed E-state index contributed by atoms with van der Waals surface area (Å²) in [6, 6.07) is 17.0. The highest BCUT2D eigenvalue weighted by atomic mass is 35.5. The zero-order valence-electron chi connectivity index (χ0n) is 14.8. The van der Waals surface area contributed by atoms with Crippen LogP contribution in [0.4, 0.5) is 5.69 Å². The third-order valence-corrected chi connectivity index (χ3v) is 6.39. The van der Waals surface area contributed by atoms with Crippen LogP contribution in [0.2, 0.25) is 5.02 Å². The van der Waals surface area contributed by atoms with E-state index >= 15 is 0 Å². The summed E-state index contributed by atoms with van der Waals surface area (Å²) in [7, 11) is 0. The largest absolute Gasteiger partial charge is 0.274 e. The van der Waals surface area contributed by atoms with Crippen molar-refractivity contribution in [3.63, 3.8) is 0 Å². The predicted molar refractivity (Wildman–Crippen MR) is 106 cm³/mol. The van der Waals surface area contributed by atoms with Gasteiger partial charge in [0.15, 0.2) is 0 Å². The van der Waals surface area contributed by atoms with Crippen molar-refractivity contribution in [1.29, 1.82) is 0 Å². The van der Waals surface area contributed by atoms with Crippen LogP contribution in [0.1, 0.15) is 12.5 Å². The van der Waals surface area contributed by atoms with Crippen molar-refractivity contribution >= 4 is 34.7 Å². The first-order chi connectivity index (χ1) is 13.1. The zero-order chi connectivity index (χ0) is 18.7. The Morgan fingerprint density at radius 3 is 1.96 bits per heavy atom. The lowest BCUT2D eigenvalue weighted by molar-refractivity contribution is -0.122. The molecule has 1 saturated carbocycles. The fourth-order valence-electron chi connectivity index (χ4n) is 4.96. The average molecular weight is 376 g/mol. The molecule has 2 amide bonds. The number of anilines is 1. The number of amides is 2. The first kappa shape index (κ1) is 16.5. The lowest BCUT2D eigenvalue weighted by Crippen LogP contribution is -2.33. The van der Waals surface area contributed by atoms with Crippen molar-refractivity contribution in [3.8, 4) is 0 Å². The highest BCUT2D eigenvalue weighted by molar-refractivity contribution is 6.30. The van der Waals surface area contributed by atoms with E-state index in [1.54, 1.807) is 0 Å². The van der Waals surface area contributed by atoms with Gasteiger partial charge in [-0.05, 0) is 42.3 Å². The van der Waals surface area contributed by atoms with Crippen LogP contribution in [0, 0.1) is 23.7 Å². The molecule has 2 fully saturated rings. The molecule has 0 N–H and O–H groups in total. The molecule has 1 heterocycles. The Hall–Kier alpha value is -2.65. The Balaban J connectivity index is 1.55. The smallest absolute Gasteiger partial charge is 0.238 e. The molecule has 0 spiro atoms. The molecule has 3 nitrogen and oxygen atoms in total. The number of para-hydroxylation sites is 1. The van der Waals surface area contributed by atoms with Crippen LogP contribution in [-0.4, -0.2) is 11.8 Å². The van der Waals surface area contributed by atoms with Crippen molar-refractivity contribution in [2.24, 2.45) is 23.7 Å². The summed E-state index contributed by atoms with van der Waals surface area (Å²) in [5, 5.41) is 0.699. The molecule has 134 valence electrons. The van der Waals surface area contributed by atoms with E-state index in [1.807, 2.05) is 54.6 Å². The highest BCUT2D eigenvalue weighted by Gasteiger charge is 2.62. The Morgan fingerprint density at radius 2 is 1.41 bits per heavy atom. The van der Waals surface area contributed by atoms with E-state index in [0.717, 1.165) is 11.1 Å². The van der Waals surface area contributed by atoms with Gasteiger partial charge >= 0.3 is 0 Å². The number of carbonyl (C=O) groups excluding carboxylic acids is 2. The number of hydrogen-bond acceptors (Lipinski definition) is 2. The Morgan fingerprint density at radius 1 is 0.852 bits per heavy atom. The van der Waals surface area contributed by atoms with Gasteiger partial charge in [0, 0.05) is 16.9 Å². The second-order valence-electron chi connectivity index (χ2n) is 7.42. The molecular formula is C23H18ClNO2. The van der Waals surface area contributed by atoms with Gasteiger partial charge in [0.05, 0.1) is 17.5 Å². The van der Waals surface area contributed by atoms with Crippen LogP contribution in [0.3, 0.4) is 0 Å². The number of nitrogens with zero attached hydrogens (tertiary/aromatic N) is 1. The molecule has 1 aliphatic heterocycles. The van der Waals surface area contributed by atoms with Crippen LogP contribution < -0.4 is 4.90 Å². The van der Waals surface area contributed by atoms with Gasteiger partial charge in [-0.3, -0.25) is 9.59 Å². The third kappa shape index (κ3) is 2.28. The van der Waals surface area contributed by atoms with E-state index in [4.69, 9.17) is 11.6 Å². The van der Waals surface area contributed by atoms with E-state index in [1.165, 1.54) is 10.5 Å². The van der Waals surface area contributed by atoms with Crippen LogP contribution in [0.5, 0.6) is 0 Å². The minimum atomic E-state index is -0.287. The van der Waals surface area contributed by atoms with Crippen LogP contribution in [-0.2, 0) is 9.59 Å². The van der Waals surface area contributed by atoms with Gasteiger partial charge in [-0.2, -0.15) is 0 Å². The first-order valence-electron chi connectivity index (χ1n) is 9.15. The molecule has 0 aromatic heterocycles. The molecule has 0 unspecified atom stereocenters. The quantitative estimate of drug-likeness (QED) is 0.562. The monoisotopic (exact) mass is 375 g/mol. The van der Waals surface area contributed by atoms with Crippen molar-refractivity contribution in [2.45, 2.75) is 6.92 Å². The van der Waals surface area contributed by atoms with Crippen molar-refractivity contribution < 1.29 is 9.59 Å². The molecule has 2 aromatic rings. The fraction of sp³-hybridized carbons (Fsp3) is 0.217. The number of carbonyl (C=O) groups is 2. The zero-order valence-corrected chi connectivity index (χ0v) is 15.6. The summed E-state index contributed by atoms with van der Waals surface area (Å²) in [6.45, 7) is 2.08. The summed E-state index contributed by atoms with van der Waals surface area (Å²) < 4.78 is 0. The molecule has 4 heteroatoms. The van der Waals surface area contributed by atoms with Gasteiger partial charge in [-0.25, -0.2) is 4.90 Å². The van der Waals surface area contributed by atoms with E-state index in [-0.39, 0.29) is 35.5 Å². The van der Waals surface area contributed by atoms with Crippen LogP contribution in [0.25, 0.3) is 5.57 Å². The Labute approximate surface area is 162 Å². The number of hydrogen-bond donors (Lipinski definition) is 0. The third-order valence-electron chi connectivity index (χ3n) is 6.14. The number of imide groups is 1. The van der Waals surface area contributed by atoms with Crippen molar-refractivity contribution in [3.05, 3.63) is 82.9 Å². The van der Waals surface area contributed by atoms with Crippen molar-refractivity contribution in [2.75, 3.05) is 4.90 Å². The first-order valence-corrected chi connectivity index (χ1v) is 9.53. The predicted octanol–water partition coefficient (Wildman–Crippen LogP) is 4.74. The topological polar surface area (TPSA) is 37.4 Å². The van der Waals surface area contributed by atoms with E-state index in [0.29, 0.717) is 10.7 Å². The number of benzene rings is 2. The molecule has 2 bridgehead atoms. The molecule has 5 rings (SSSR count). The van der Waals surface area contributed by atoms with Gasteiger partial charge in [-0.15, -0.1) is 0 Å². The molecule has 4 atom stereocenters. The van der Waals surface area contributed by atoms with Gasteiger partial charge in [0.1, 0.15) is 0 Å². The summed E-state index contributed by atoms with van der Waals surface area (Å²) in [4.78, 5) is 27.7. The minimum Gasteiger partial charge on any atom is -0.274 e. The summed E-state index contributed by atoms with van der Waals surface area (Å²) in [5.41, 5.74) is 4.11. The highest BCUT2D eigenvalue weighted by Crippen LogP contribution is 2.58. The van der Waals surface area contributed by atoms with E-state index < -0.39 is 0 Å². The second kappa shape index (κ2) is 5.93. The number of allylic oxidation sites excluding steroid dienone is 4. The van der Waals surface area contributed by atoms with Gasteiger partial charge < -0.3 is 0 Å². The molecule has 0 radical (unpaired) electrons. The average Bonchev–Trinajstić information content (AvgIpc) is 3.32. The standard InChI is InChI=1S/C23H18ClNO2/c1-13(14-7-9-15(24)10-8-14)19-17-11-12-18(19)21-20(17)22(26)25(23(21)27)16-5-3-2-4-6-16/h2-12,17-18,20-21H,1H3/t17-,18+,20-,21+. The van der Waals surface area contributed by atoms with Crippen LogP contribution in [0.15, 0.2) is 72.3 Å². The van der Waals surface area contributed by atoms with Gasteiger partial charge in [-0.1, -0.05) is 59.7 Å². The lowest BCUT2D eigenvalue weighted by Gasteiger charge is -2.20. The van der Waals surface area contributed by atoms with E-state index in [2.05, 4.69) is 19.1 Å². The normalized spacial score (nSPS) is 30.2. The molecule has 2 aromatic carbocycles. The van der Waals surface area contributed by atoms with Crippen LogP contribution >= 0.6 is 11.6 Å². The number of halogens is 1. The summed E-state index contributed by atoms with van der Waals surface area (Å²) in [6.07, 6.45) is 4.22. The molecule has 3 aliphatic rings. The maximum atomic E-state index is 13.2. The number of fused-ring (bicyclic) bond motifs is 5. The summed E-state index contributed by atoms with van der Waals surface area (Å²) in [5.74, 6) is -0.722. The van der Waals surface area contributed by atoms with Gasteiger partial charge in [0.2, 0.25) is 11.8 Å². The number of rotatable bonds is 2. The maximum absolute atomic E-state index is 13.2. The molecule has 2 aliphatic carbocycles. The van der Waals surface area contributed by atoms with Crippen molar-refractivity contribution in [1.82, 2.24) is 0 Å². The maximum Gasteiger partial charge on any atom is 0.238 e. The second-order valence-corrected chi connectivity index (χ2v) is 7.86. The van der Waals surface area contributed by atoms with Gasteiger partial charge in [0.25, 0.3) is 0 Å². The SMILES string of the molecule is CC(=C1[C@H]2C=C[C@@H]1[C@@H]1C(=O)N(c3ccccc3)C(=O)[C@@H]12)c1ccc(Cl)cc1. The Kier molecular flexibility index (Phi) is 3.63. The molecular weight excluding hydrogens is 358 g/mol.